The number of carboxylic acid groups (broad SMARTS) is 1. The average Bonchev–Trinajstić information content (AvgIpc) is 2.01. The predicted molar refractivity (Wildman–Crippen MR) is 54.3 cm³/mol. The van der Waals surface area contributed by atoms with Crippen LogP contribution in [-0.4, -0.2) is 16.1 Å². The summed E-state index contributed by atoms with van der Waals surface area (Å²) in [6.45, 7) is 5.71. The first-order chi connectivity index (χ1) is 6.34. The van der Waals surface area contributed by atoms with Crippen LogP contribution in [0.25, 0.3) is 0 Å². The molecule has 0 spiro atoms. The molecule has 0 saturated carbocycles. The van der Waals surface area contributed by atoms with Gasteiger partial charge in [0.15, 0.2) is 0 Å². The molecule has 76 valence electrons. The van der Waals surface area contributed by atoms with Gasteiger partial charge in [-0.05, 0) is 6.07 Å². The van der Waals surface area contributed by atoms with Crippen LogP contribution in [0.15, 0.2) is 12.3 Å². The van der Waals surface area contributed by atoms with Crippen LogP contribution >= 0.6 is 0 Å². The quantitative estimate of drug-likeness (QED) is 0.712. The summed E-state index contributed by atoms with van der Waals surface area (Å²) in [4.78, 5) is 15.0. The number of hydrogen-bond donors (Lipinski definition) is 2. The Balaban J connectivity index is 3.44. The number of nitrogens with zero attached hydrogens (tertiary/aromatic N) is 1. The van der Waals surface area contributed by atoms with Crippen molar-refractivity contribution < 1.29 is 9.90 Å². The molecule has 0 bridgehead atoms. The summed E-state index contributed by atoms with van der Waals surface area (Å²) in [5, 5.41) is 8.99. The van der Waals surface area contributed by atoms with Gasteiger partial charge in [-0.3, -0.25) is 4.98 Å². The number of carbonyl (C=O) groups is 1. The summed E-state index contributed by atoms with van der Waals surface area (Å²) < 4.78 is 0. The van der Waals surface area contributed by atoms with Crippen LogP contribution in [0.4, 0.5) is 5.69 Å². The van der Waals surface area contributed by atoms with Crippen molar-refractivity contribution >= 4 is 11.7 Å². The van der Waals surface area contributed by atoms with Crippen LogP contribution in [0.3, 0.4) is 0 Å². The van der Waals surface area contributed by atoms with E-state index >= 15 is 0 Å². The maximum atomic E-state index is 11.0. The minimum atomic E-state index is -1.03. The lowest BCUT2D eigenvalue weighted by Crippen LogP contribution is -2.20. The van der Waals surface area contributed by atoms with E-state index in [4.69, 9.17) is 10.8 Å². The van der Waals surface area contributed by atoms with E-state index in [1.165, 1.54) is 12.3 Å². The molecule has 1 aromatic rings. The lowest BCUT2D eigenvalue weighted by molar-refractivity contribution is 0.0694. The smallest absolute Gasteiger partial charge is 0.339 e. The lowest BCUT2D eigenvalue weighted by atomic mass is 9.88. The second kappa shape index (κ2) is 3.29. The van der Waals surface area contributed by atoms with Gasteiger partial charge in [-0.1, -0.05) is 20.8 Å². The summed E-state index contributed by atoms with van der Waals surface area (Å²) in [6, 6.07) is 1.50. The Bertz CT molecular complexity index is 367. The first-order valence-corrected chi connectivity index (χ1v) is 4.32. The SMILES string of the molecule is CC(C)(C)c1nccc(N)c1C(=O)O. The Labute approximate surface area is 82.8 Å². The van der Waals surface area contributed by atoms with E-state index in [-0.39, 0.29) is 16.7 Å². The van der Waals surface area contributed by atoms with Crippen molar-refractivity contribution in [2.24, 2.45) is 0 Å². The highest BCUT2D eigenvalue weighted by atomic mass is 16.4. The molecule has 0 aliphatic carbocycles. The van der Waals surface area contributed by atoms with E-state index in [1.807, 2.05) is 20.8 Å². The monoisotopic (exact) mass is 194 g/mol. The van der Waals surface area contributed by atoms with Gasteiger partial charge in [0.2, 0.25) is 0 Å². The maximum absolute atomic E-state index is 11.0. The fourth-order valence-corrected chi connectivity index (χ4v) is 1.27. The number of hydrogen-bond acceptors (Lipinski definition) is 3. The number of aromatic carboxylic acids is 1. The van der Waals surface area contributed by atoms with Crippen LogP contribution in [0.2, 0.25) is 0 Å². The highest BCUT2D eigenvalue weighted by Crippen LogP contribution is 2.26. The Hall–Kier alpha value is -1.58. The van der Waals surface area contributed by atoms with Crippen LogP contribution in [-0.2, 0) is 5.41 Å². The van der Waals surface area contributed by atoms with Crippen molar-refractivity contribution in [2.45, 2.75) is 26.2 Å². The van der Waals surface area contributed by atoms with Gasteiger partial charge in [-0.2, -0.15) is 0 Å². The zero-order valence-corrected chi connectivity index (χ0v) is 8.53. The topological polar surface area (TPSA) is 76.2 Å². The molecule has 4 heteroatoms. The second-order valence-electron chi connectivity index (χ2n) is 4.18. The first kappa shape index (κ1) is 10.5. The molecule has 0 radical (unpaired) electrons. The summed E-state index contributed by atoms with van der Waals surface area (Å²) in [6.07, 6.45) is 1.53. The summed E-state index contributed by atoms with van der Waals surface area (Å²) in [5.74, 6) is -1.03. The molecule has 0 aliphatic rings. The number of aromatic nitrogens is 1. The molecule has 0 atom stereocenters. The fraction of sp³-hybridized carbons (Fsp3) is 0.400. The number of rotatable bonds is 1. The average molecular weight is 194 g/mol. The van der Waals surface area contributed by atoms with Crippen LogP contribution < -0.4 is 5.73 Å². The van der Waals surface area contributed by atoms with Gasteiger partial charge in [0.05, 0.1) is 5.69 Å². The molecule has 0 aromatic carbocycles. The van der Waals surface area contributed by atoms with E-state index in [0.717, 1.165) is 0 Å². The van der Waals surface area contributed by atoms with Gasteiger partial charge >= 0.3 is 5.97 Å². The number of nitrogen functional groups attached to an aromatic ring is 1. The van der Waals surface area contributed by atoms with Gasteiger partial charge in [0.25, 0.3) is 0 Å². The molecule has 0 fully saturated rings. The van der Waals surface area contributed by atoms with E-state index in [2.05, 4.69) is 4.98 Å². The van der Waals surface area contributed by atoms with Gasteiger partial charge in [-0.15, -0.1) is 0 Å². The van der Waals surface area contributed by atoms with Crippen molar-refractivity contribution in [3.05, 3.63) is 23.5 Å². The molecule has 0 aliphatic heterocycles. The number of pyridine rings is 1. The summed E-state index contributed by atoms with van der Waals surface area (Å²) in [5.41, 5.74) is 6.17. The molecule has 0 unspecified atom stereocenters. The predicted octanol–water partition coefficient (Wildman–Crippen LogP) is 1.66. The molecule has 0 saturated heterocycles. The van der Waals surface area contributed by atoms with Gasteiger partial charge in [-0.25, -0.2) is 4.79 Å². The van der Waals surface area contributed by atoms with E-state index < -0.39 is 5.97 Å². The largest absolute Gasteiger partial charge is 0.478 e. The van der Waals surface area contributed by atoms with Crippen LogP contribution in [0.1, 0.15) is 36.8 Å². The number of carboxylic acids is 1. The van der Waals surface area contributed by atoms with Gasteiger partial charge < -0.3 is 10.8 Å². The Morgan fingerprint density at radius 2 is 2.07 bits per heavy atom. The highest BCUT2D eigenvalue weighted by Gasteiger charge is 2.24. The molecule has 1 rings (SSSR count). The second-order valence-corrected chi connectivity index (χ2v) is 4.18. The minimum absolute atomic E-state index is 0.111. The van der Waals surface area contributed by atoms with Crippen molar-refractivity contribution in [3.63, 3.8) is 0 Å². The summed E-state index contributed by atoms with van der Waals surface area (Å²) in [7, 11) is 0. The maximum Gasteiger partial charge on any atom is 0.339 e. The Morgan fingerprint density at radius 3 is 2.43 bits per heavy atom. The van der Waals surface area contributed by atoms with Crippen molar-refractivity contribution in [2.75, 3.05) is 5.73 Å². The van der Waals surface area contributed by atoms with Crippen LogP contribution in [0.5, 0.6) is 0 Å². The van der Waals surface area contributed by atoms with E-state index in [9.17, 15) is 4.79 Å². The molecule has 1 aromatic heterocycles. The van der Waals surface area contributed by atoms with Gasteiger partial charge in [0, 0.05) is 17.3 Å². The summed E-state index contributed by atoms with van der Waals surface area (Å²) >= 11 is 0. The van der Waals surface area contributed by atoms with E-state index in [0.29, 0.717) is 5.69 Å². The van der Waals surface area contributed by atoms with Gasteiger partial charge in [0.1, 0.15) is 5.56 Å². The third-order valence-electron chi connectivity index (χ3n) is 1.91. The molecular formula is C10H14N2O2. The molecule has 14 heavy (non-hydrogen) atoms. The van der Waals surface area contributed by atoms with Crippen molar-refractivity contribution in [1.82, 2.24) is 4.98 Å². The minimum Gasteiger partial charge on any atom is -0.478 e. The third-order valence-corrected chi connectivity index (χ3v) is 1.91. The first-order valence-electron chi connectivity index (χ1n) is 4.32. The van der Waals surface area contributed by atoms with Crippen LogP contribution in [0, 0.1) is 0 Å². The number of nitrogens with two attached hydrogens (primary N) is 1. The normalized spacial score (nSPS) is 11.4. The molecule has 3 N–H and O–H groups in total. The highest BCUT2D eigenvalue weighted by molar-refractivity contribution is 5.95. The van der Waals surface area contributed by atoms with Crippen molar-refractivity contribution in [1.29, 1.82) is 0 Å². The molecule has 1 heterocycles. The standard InChI is InChI=1S/C10H14N2O2/c1-10(2,3)8-7(9(13)14)6(11)4-5-12-8/h4-5H,1-3H3,(H2,11,12)(H,13,14). The lowest BCUT2D eigenvalue weighted by Gasteiger charge is -2.20. The fourth-order valence-electron chi connectivity index (χ4n) is 1.27. The van der Waals surface area contributed by atoms with Crippen molar-refractivity contribution in [3.8, 4) is 0 Å². The third kappa shape index (κ3) is 1.84. The van der Waals surface area contributed by atoms with E-state index in [1.54, 1.807) is 0 Å². The molecule has 0 amide bonds. The number of anilines is 1. The Kier molecular flexibility index (Phi) is 2.47. The molecular weight excluding hydrogens is 180 g/mol. The zero-order valence-electron chi connectivity index (χ0n) is 8.53. The Morgan fingerprint density at radius 1 is 1.50 bits per heavy atom. The molecule has 4 nitrogen and oxygen atoms in total. The zero-order chi connectivity index (χ0) is 10.9.